The van der Waals surface area contributed by atoms with Crippen LogP contribution in [0.3, 0.4) is 0 Å². The maximum Gasteiger partial charge on any atom is 0.256 e. The Morgan fingerprint density at radius 1 is 1.25 bits per heavy atom. The van der Waals surface area contributed by atoms with Crippen molar-refractivity contribution in [1.82, 2.24) is 10.6 Å². The number of rotatable bonds is 5. The van der Waals surface area contributed by atoms with E-state index in [0.29, 0.717) is 24.1 Å². The number of amides is 2. The SMILES string of the molecule is COC1(C(=O)Nc2ccc(C(=O)NC(C)C)c(C)c2)CCNCC1. The standard InChI is InChI=1S/C18H27N3O3/c1-12(2)20-16(22)15-6-5-14(11-13(15)3)21-17(23)18(24-4)7-9-19-10-8-18/h5-6,11-12,19H,7-10H2,1-4H3,(H,20,22)(H,21,23). The summed E-state index contributed by atoms with van der Waals surface area (Å²) in [4.78, 5) is 24.8. The zero-order valence-electron chi connectivity index (χ0n) is 14.9. The van der Waals surface area contributed by atoms with E-state index in [4.69, 9.17) is 4.74 Å². The number of hydrogen-bond donors (Lipinski definition) is 3. The van der Waals surface area contributed by atoms with Crippen LogP contribution in [-0.4, -0.2) is 43.7 Å². The minimum absolute atomic E-state index is 0.0813. The first-order valence-electron chi connectivity index (χ1n) is 8.37. The molecule has 1 aromatic carbocycles. The second-order valence-electron chi connectivity index (χ2n) is 6.56. The van der Waals surface area contributed by atoms with Gasteiger partial charge in [0.1, 0.15) is 5.60 Å². The first-order chi connectivity index (χ1) is 11.4. The first kappa shape index (κ1) is 18.4. The van der Waals surface area contributed by atoms with Crippen molar-refractivity contribution in [3.8, 4) is 0 Å². The smallest absolute Gasteiger partial charge is 0.256 e. The highest BCUT2D eigenvalue weighted by atomic mass is 16.5. The van der Waals surface area contributed by atoms with Gasteiger partial charge in [-0.15, -0.1) is 0 Å². The number of piperidine rings is 1. The molecule has 0 bridgehead atoms. The van der Waals surface area contributed by atoms with Gasteiger partial charge < -0.3 is 20.7 Å². The zero-order valence-corrected chi connectivity index (χ0v) is 14.9. The Bertz CT molecular complexity index is 608. The Morgan fingerprint density at radius 3 is 2.46 bits per heavy atom. The van der Waals surface area contributed by atoms with Gasteiger partial charge in [-0.2, -0.15) is 0 Å². The monoisotopic (exact) mass is 333 g/mol. The highest BCUT2D eigenvalue weighted by Gasteiger charge is 2.39. The van der Waals surface area contributed by atoms with Crippen LogP contribution < -0.4 is 16.0 Å². The van der Waals surface area contributed by atoms with Gasteiger partial charge in [-0.1, -0.05) is 0 Å². The van der Waals surface area contributed by atoms with Crippen LogP contribution >= 0.6 is 0 Å². The van der Waals surface area contributed by atoms with Crippen LogP contribution in [0.4, 0.5) is 5.69 Å². The lowest BCUT2D eigenvalue weighted by molar-refractivity contribution is -0.140. The van der Waals surface area contributed by atoms with E-state index >= 15 is 0 Å². The molecule has 1 saturated heterocycles. The number of hydrogen-bond acceptors (Lipinski definition) is 4. The average Bonchev–Trinajstić information content (AvgIpc) is 2.54. The molecule has 0 saturated carbocycles. The number of nitrogens with one attached hydrogen (secondary N) is 3. The lowest BCUT2D eigenvalue weighted by Crippen LogP contribution is -2.51. The topological polar surface area (TPSA) is 79.5 Å². The minimum Gasteiger partial charge on any atom is -0.368 e. The number of ether oxygens (including phenoxy) is 1. The van der Waals surface area contributed by atoms with Crippen LogP contribution in [-0.2, 0) is 9.53 Å². The molecule has 0 atom stereocenters. The summed E-state index contributed by atoms with van der Waals surface area (Å²) < 4.78 is 5.53. The summed E-state index contributed by atoms with van der Waals surface area (Å²) in [5.74, 6) is -0.239. The van der Waals surface area contributed by atoms with Gasteiger partial charge in [-0.25, -0.2) is 0 Å². The quantitative estimate of drug-likeness (QED) is 0.768. The van der Waals surface area contributed by atoms with Crippen molar-refractivity contribution in [2.45, 2.75) is 45.3 Å². The van der Waals surface area contributed by atoms with Crippen molar-refractivity contribution in [3.05, 3.63) is 29.3 Å². The van der Waals surface area contributed by atoms with Gasteiger partial charge in [-0.05, 0) is 70.5 Å². The van der Waals surface area contributed by atoms with Gasteiger partial charge in [0.05, 0.1) is 0 Å². The minimum atomic E-state index is -0.785. The molecule has 2 amide bonds. The fourth-order valence-electron chi connectivity index (χ4n) is 2.94. The Labute approximate surface area is 143 Å². The molecular weight excluding hydrogens is 306 g/mol. The lowest BCUT2D eigenvalue weighted by Gasteiger charge is -2.34. The maximum atomic E-state index is 12.7. The second kappa shape index (κ2) is 7.77. The van der Waals surface area contributed by atoms with Crippen molar-refractivity contribution in [1.29, 1.82) is 0 Å². The molecule has 1 heterocycles. The third-order valence-electron chi connectivity index (χ3n) is 4.36. The molecule has 1 aliphatic rings. The second-order valence-corrected chi connectivity index (χ2v) is 6.56. The summed E-state index contributed by atoms with van der Waals surface area (Å²) >= 11 is 0. The van der Waals surface area contributed by atoms with Gasteiger partial charge >= 0.3 is 0 Å². The summed E-state index contributed by atoms with van der Waals surface area (Å²) in [6, 6.07) is 5.39. The molecule has 2 rings (SSSR count). The molecule has 0 aromatic heterocycles. The first-order valence-corrected chi connectivity index (χ1v) is 8.37. The summed E-state index contributed by atoms with van der Waals surface area (Å²) in [5.41, 5.74) is 1.33. The summed E-state index contributed by atoms with van der Waals surface area (Å²) in [6.45, 7) is 7.22. The number of anilines is 1. The molecule has 132 valence electrons. The van der Waals surface area contributed by atoms with Crippen molar-refractivity contribution in [3.63, 3.8) is 0 Å². The van der Waals surface area contributed by atoms with E-state index < -0.39 is 5.60 Å². The Kier molecular flexibility index (Phi) is 5.96. The molecule has 6 nitrogen and oxygen atoms in total. The zero-order chi connectivity index (χ0) is 17.7. The Morgan fingerprint density at radius 2 is 1.92 bits per heavy atom. The number of aryl methyl sites for hydroxylation is 1. The van der Waals surface area contributed by atoms with Gasteiger partial charge in [0.15, 0.2) is 0 Å². The molecule has 24 heavy (non-hydrogen) atoms. The number of benzene rings is 1. The van der Waals surface area contributed by atoms with Crippen LogP contribution in [0.5, 0.6) is 0 Å². The highest BCUT2D eigenvalue weighted by Crippen LogP contribution is 2.25. The number of methoxy groups -OCH3 is 1. The van der Waals surface area contributed by atoms with E-state index in [1.165, 1.54) is 0 Å². The predicted molar refractivity (Wildman–Crippen MR) is 94.3 cm³/mol. The summed E-state index contributed by atoms with van der Waals surface area (Å²) in [7, 11) is 1.58. The van der Waals surface area contributed by atoms with Gasteiger partial charge in [0.2, 0.25) is 0 Å². The average molecular weight is 333 g/mol. The van der Waals surface area contributed by atoms with E-state index in [1.807, 2.05) is 26.8 Å². The van der Waals surface area contributed by atoms with Crippen molar-refractivity contribution >= 4 is 17.5 Å². The maximum absolute atomic E-state index is 12.7. The summed E-state index contributed by atoms with van der Waals surface area (Å²) in [5, 5.41) is 9.03. The lowest BCUT2D eigenvalue weighted by atomic mass is 9.91. The normalized spacial score (nSPS) is 16.7. The third-order valence-corrected chi connectivity index (χ3v) is 4.36. The molecule has 6 heteroatoms. The van der Waals surface area contributed by atoms with Crippen LogP contribution in [0.1, 0.15) is 42.6 Å². The highest BCUT2D eigenvalue weighted by molar-refractivity contribution is 5.99. The Balaban J connectivity index is 2.11. The third kappa shape index (κ3) is 4.13. The largest absolute Gasteiger partial charge is 0.368 e. The summed E-state index contributed by atoms with van der Waals surface area (Å²) in [6.07, 6.45) is 1.28. The molecule has 0 radical (unpaired) electrons. The molecule has 1 aliphatic heterocycles. The van der Waals surface area contributed by atoms with Crippen molar-refractivity contribution < 1.29 is 14.3 Å². The van der Waals surface area contributed by atoms with Crippen LogP contribution in [0, 0.1) is 6.92 Å². The van der Waals surface area contributed by atoms with E-state index in [1.54, 1.807) is 19.2 Å². The molecule has 0 unspecified atom stereocenters. The molecule has 1 fully saturated rings. The van der Waals surface area contributed by atoms with E-state index in [9.17, 15) is 9.59 Å². The van der Waals surface area contributed by atoms with Crippen LogP contribution in [0.2, 0.25) is 0 Å². The Hall–Kier alpha value is -1.92. The molecule has 3 N–H and O–H groups in total. The van der Waals surface area contributed by atoms with Gasteiger partial charge in [0.25, 0.3) is 11.8 Å². The fraction of sp³-hybridized carbons (Fsp3) is 0.556. The number of carbonyl (C=O) groups excluding carboxylic acids is 2. The molecular formula is C18H27N3O3. The molecule has 0 aliphatic carbocycles. The van der Waals surface area contributed by atoms with Gasteiger partial charge in [0, 0.05) is 24.4 Å². The van der Waals surface area contributed by atoms with Crippen molar-refractivity contribution in [2.75, 3.05) is 25.5 Å². The fourth-order valence-corrected chi connectivity index (χ4v) is 2.94. The molecule has 0 spiro atoms. The van der Waals surface area contributed by atoms with E-state index in [-0.39, 0.29) is 17.9 Å². The molecule has 1 aromatic rings. The van der Waals surface area contributed by atoms with E-state index in [0.717, 1.165) is 18.7 Å². The van der Waals surface area contributed by atoms with Crippen LogP contribution in [0.15, 0.2) is 18.2 Å². The number of carbonyl (C=O) groups is 2. The van der Waals surface area contributed by atoms with Crippen molar-refractivity contribution in [2.24, 2.45) is 0 Å². The predicted octanol–water partition coefficient (Wildman–Crippen LogP) is 1.84. The van der Waals surface area contributed by atoms with Gasteiger partial charge in [-0.3, -0.25) is 9.59 Å². The van der Waals surface area contributed by atoms with Crippen LogP contribution in [0.25, 0.3) is 0 Å². The van der Waals surface area contributed by atoms with E-state index in [2.05, 4.69) is 16.0 Å².